The van der Waals surface area contributed by atoms with E-state index in [1.54, 1.807) is 12.1 Å². The normalized spacial score (nSPS) is 12.4. The molecular weight excluding hydrogens is 303 g/mol. The van der Waals surface area contributed by atoms with Crippen molar-refractivity contribution in [2.24, 2.45) is 5.73 Å². The lowest BCUT2D eigenvalue weighted by Crippen LogP contribution is -2.26. The fourth-order valence-electron chi connectivity index (χ4n) is 2.02. The third-order valence-corrected chi connectivity index (χ3v) is 3.57. The van der Waals surface area contributed by atoms with Crippen LogP contribution in [-0.4, -0.2) is 6.04 Å². The van der Waals surface area contributed by atoms with Crippen molar-refractivity contribution in [3.63, 3.8) is 0 Å². The largest absolute Gasteiger partial charge is 0.327 e. The van der Waals surface area contributed by atoms with Gasteiger partial charge in [-0.2, -0.15) is 0 Å². The van der Waals surface area contributed by atoms with E-state index in [1.807, 2.05) is 0 Å². The number of benzene rings is 2. The van der Waals surface area contributed by atoms with Gasteiger partial charge in [0.15, 0.2) is 0 Å². The lowest BCUT2D eigenvalue weighted by Gasteiger charge is -2.13. The fourth-order valence-corrected chi connectivity index (χ4v) is 2.46. The first kappa shape index (κ1) is 15.2. The predicted molar refractivity (Wildman–Crippen MR) is 78.2 cm³/mol. The molecule has 0 amide bonds. The number of hydrogen-bond donors (Lipinski definition) is 1. The van der Waals surface area contributed by atoms with Crippen LogP contribution in [0, 0.1) is 11.6 Å². The van der Waals surface area contributed by atoms with E-state index in [-0.39, 0.29) is 11.9 Å². The summed E-state index contributed by atoms with van der Waals surface area (Å²) >= 11 is 11.8. The van der Waals surface area contributed by atoms with E-state index in [4.69, 9.17) is 28.9 Å². The van der Waals surface area contributed by atoms with Crippen molar-refractivity contribution in [1.82, 2.24) is 0 Å². The summed E-state index contributed by atoms with van der Waals surface area (Å²) in [4.78, 5) is 0. The summed E-state index contributed by atoms with van der Waals surface area (Å²) in [6, 6.07) is 8.19. The molecule has 0 saturated carbocycles. The second-order valence-electron chi connectivity index (χ2n) is 4.64. The molecule has 20 heavy (non-hydrogen) atoms. The Morgan fingerprint density at radius 2 is 1.65 bits per heavy atom. The van der Waals surface area contributed by atoms with Crippen LogP contribution in [0.3, 0.4) is 0 Å². The van der Waals surface area contributed by atoms with Crippen LogP contribution < -0.4 is 5.73 Å². The summed E-state index contributed by atoms with van der Waals surface area (Å²) in [6.45, 7) is 0. The topological polar surface area (TPSA) is 26.0 Å². The first-order valence-corrected chi connectivity index (χ1v) is 6.84. The van der Waals surface area contributed by atoms with Crippen molar-refractivity contribution >= 4 is 23.2 Å². The first-order chi connectivity index (χ1) is 9.45. The zero-order valence-corrected chi connectivity index (χ0v) is 12.1. The van der Waals surface area contributed by atoms with Gasteiger partial charge in [0.1, 0.15) is 11.6 Å². The molecule has 1 unspecified atom stereocenters. The molecule has 0 bridgehead atoms. The third-order valence-electron chi connectivity index (χ3n) is 2.99. The van der Waals surface area contributed by atoms with Gasteiger partial charge < -0.3 is 5.73 Å². The highest BCUT2D eigenvalue weighted by atomic mass is 35.5. The summed E-state index contributed by atoms with van der Waals surface area (Å²) in [7, 11) is 0. The highest BCUT2D eigenvalue weighted by Crippen LogP contribution is 2.21. The quantitative estimate of drug-likeness (QED) is 0.890. The fraction of sp³-hybridized carbons (Fsp3) is 0.200. The highest BCUT2D eigenvalue weighted by molar-refractivity contribution is 6.31. The van der Waals surface area contributed by atoms with Crippen LogP contribution in [0.1, 0.15) is 11.1 Å². The Morgan fingerprint density at radius 3 is 2.35 bits per heavy atom. The Labute approximate surface area is 126 Å². The number of hydrogen-bond acceptors (Lipinski definition) is 1. The first-order valence-electron chi connectivity index (χ1n) is 6.09. The van der Waals surface area contributed by atoms with E-state index < -0.39 is 5.82 Å². The minimum Gasteiger partial charge on any atom is -0.327 e. The number of halogens is 4. The average molecular weight is 316 g/mol. The second kappa shape index (κ2) is 6.53. The van der Waals surface area contributed by atoms with Crippen LogP contribution in [-0.2, 0) is 12.8 Å². The molecule has 0 aliphatic heterocycles. The Kier molecular flexibility index (Phi) is 4.97. The van der Waals surface area contributed by atoms with Crippen LogP contribution in [0.5, 0.6) is 0 Å². The average Bonchev–Trinajstić information content (AvgIpc) is 2.37. The molecule has 5 heteroatoms. The minimum atomic E-state index is -0.395. The van der Waals surface area contributed by atoms with E-state index in [2.05, 4.69) is 0 Å². The van der Waals surface area contributed by atoms with Gasteiger partial charge in [-0.15, -0.1) is 0 Å². The summed E-state index contributed by atoms with van der Waals surface area (Å²) in [5.74, 6) is -0.733. The molecular formula is C15H13Cl2F2N. The molecule has 1 nitrogen and oxygen atoms in total. The molecule has 0 aromatic heterocycles. The van der Waals surface area contributed by atoms with Gasteiger partial charge in [-0.1, -0.05) is 29.3 Å². The van der Waals surface area contributed by atoms with Gasteiger partial charge >= 0.3 is 0 Å². The van der Waals surface area contributed by atoms with Crippen LogP contribution in [0.4, 0.5) is 8.78 Å². The second-order valence-corrected chi connectivity index (χ2v) is 5.48. The van der Waals surface area contributed by atoms with E-state index >= 15 is 0 Å². The maximum absolute atomic E-state index is 13.6. The lowest BCUT2D eigenvalue weighted by atomic mass is 9.99. The van der Waals surface area contributed by atoms with Gasteiger partial charge in [0, 0.05) is 16.1 Å². The van der Waals surface area contributed by atoms with E-state index in [0.717, 1.165) is 5.56 Å². The molecule has 0 radical (unpaired) electrons. The Hall–Kier alpha value is -1.16. The number of nitrogens with two attached hydrogens (primary N) is 1. The van der Waals surface area contributed by atoms with Crippen molar-refractivity contribution in [2.45, 2.75) is 18.9 Å². The molecule has 2 aromatic rings. The molecule has 2 rings (SSSR count). The summed E-state index contributed by atoms with van der Waals surface area (Å²) in [5, 5.41) is 0.792. The molecule has 2 N–H and O–H groups in total. The standard InChI is InChI=1S/C15H13Cl2F2N/c16-11-2-4-15(19)10(5-11)7-13(20)6-9-1-3-12(18)8-14(9)17/h1-5,8,13H,6-7,20H2. The van der Waals surface area contributed by atoms with Crippen LogP contribution in [0.25, 0.3) is 0 Å². The number of rotatable bonds is 4. The van der Waals surface area contributed by atoms with Crippen LogP contribution >= 0.6 is 23.2 Å². The highest BCUT2D eigenvalue weighted by Gasteiger charge is 2.12. The van der Waals surface area contributed by atoms with E-state index in [0.29, 0.717) is 28.5 Å². The Morgan fingerprint density at radius 1 is 0.950 bits per heavy atom. The summed E-state index contributed by atoms with van der Waals surface area (Å²) in [6.07, 6.45) is 0.769. The molecule has 0 saturated heterocycles. The van der Waals surface area contributed by atoms with Gasteiger partial charge in [0.25, 0.3) is 0 Å². The summed E-state index contributed by atoms with van der Waals surface area (Å²) < 4.78 is 26.6. The molecule has 0 spiro atoms. The van der Waals surface area contributed by atoms with Crippen LogP contribution in [0.15, 0.2) is 36.4 Å². The molecule has 0 aliphatic rings. The summed E-state index contributed by atoms with van der Waals surface area (Å²) in [5.41, 5.74) is 7.20. The van der Waals surface area contributed by atoms with Gasteiger partial charge in [-0.25, -0.2) is 8.78 Å². The molecule has 0 aliphatic carbocycles. The van der Waals surface area contributed by atoms with Crippen LogP contribution in [0.2, 0.25) is 10.0 Å². The van der Waals surface area contributed by atoms with Crippen molar-refractivity contribution in [2.75, 3.05) is 0 Å². The van der Waals surface area contributed by atoms with Gasteiger partial charge in [-0.3, -0.25) is 0 Å². The van der Waals surface area contributed by atoms with Crippen molar-refractivity contribution < 1.29 is 8.78 Å². The van der Waals surface area contributed by atoms with Crippen molar-refractivity contribution in [3.05, 3.63) is 69.2 Å². The molecule has 0 heterocycles. The molecule has 106 valence electrons. The maximum atomic E-state index is 13.6. The van der Waals surface area contributed by atoms with Crippen molar-refractivity contribution in [3.8, 4) is 0 Å². The molecule has 2 aromatic carbocycles. The predicted octanol–water partition coefficient (Wildman–Crippen LogP) is 4.38. The van der Waals surface area contributed by atoms with Crippen molar-refractivity contribution in [1.29, 1.82) is 0 Å². The van der Waals surface area contributed by atoms with Gasteiger partial charge in [0.2, 0.25) is 0 Å². The third kappa shape index (κ3) is 3.92. The maximum Gasteiger partial charge on any atom is 0.126 e. The SMILES string of the molecule is NC(Cc1cc(Cl)ccc1F)Cc1ccc(F)cc1Cl. The van der Waals surface area contributed by atoms with E-state index in [9.17, 15) is 8.78 Å². The van der Waals surface area contributed by atoms with E-state index in [1.165, 1.54) is 24.3 Å². The molecule has 0 fully saturated rings. The molecule has 1 atom stereocenters. The zero-order chi connectivity index (χ0) is 14.7. The minimum absolute atomic E-state index is 0.326. The Bertz CT molecular complexity index is 617. The smallest absolute Gasteiger partial charge is 0.126 e. The lowest BCUT2D eigenvalue weighted by molar-refractivity contribution is 0.583. The van der Waals surface area contributed by atoms with Gasteiger partial charge in [-0.05, 0) is 54.3 Å². The Balaban J connectivity index is 2.08. The monoisotopic (exact) mass is 315 g/mol. The van der Waals surface area contributed by atoms with Gasteiger partial charge in [0.05, 0.1) is 0 Å². The zero-order valence-electron chi connectivity index (χ0n) is 10.5.